The van der Waals surface area contributed by atoms with Gasteiger partial charge in [0.1, 0.15) is 6.17 Å². The Morgan fingerprint density at radius 1 is 1.47 bits per heavy atom. The van der Waals surface area contributed by atoms with E-state index in [1.54, 1.807) is 0 Å². The van der Waals surface area contributed by atoms with E-state index in [2.05, 4.69) is 5.32 Å². The summed E-state index contributed by atoms with van der Waals surface area (Å²) in [5.41, 5.74) is 1.86. The predicted octanol–water partition coefficient (Wildman–Crippen LogP) is 1.47. The maximum Gasteiger partial charge on any atom is 0.231 e. The zero-order valence-corrected chi connectivity index (χ0v) is 9.86. The molecule has 0 bridgehead atoms. The minimum atomic E-state index is -0.292. The number of benzene rings is 1. The van der Waals surface area contributed by atoms with Crippen molar-refractivity contribution in [2.45, 2.75) is 31.8 Å². The van der Waals surface area contributed by atoms with Crippen molar-refractivity contribution in [3.63, 3.8) is 0 Å². The molecule has 4 nitrogen and oxygen atoms in total. The van der Waals surface area contributed by atoms with Crippen LogP contribution in [0.4, 0.5) is 5.69 Å². The first-order valence-electron chi connectivity index (χ1n) is 5.73. The summed E-state index contributed by atoms with van der Waals surface area (Å²) in [5, 5.41) is 3.28. The van der Waals surface area contributed by atoms with Gasteiger partial charge >= 0.3 is 0 Å². The average Bonchev–Trinajstić information content (AvgIpc) is 2.66. The van der Waals surface area contributed by atoms with Crippen LogP contribution in [0.2, 0.25) is 0 Å². The van der Waals surface area contributed by atoms with Crippen LogP contribution < -0.4 is 5.32 Å². The molecule has 0 aromatic heterocycles. The van der Waals surface area contributed by atoms with E-state index in [-0.39, 0.29) is 23.4 Å². The molecule has 1 N–H and O–H groups in total. The Balaban J connectivity index is 2.12. The average molecular weight is 230 g/mol. The van der Waals surface area contributed by atoms with Gasteiger partial charge in [0.15, 0.2) is 0 Å². The number of amides is 2. The lowest BCUT2D eigenvalue weighted by atomic mass is 9.81. The van der Waals surface area contributed by atoms with Gasteiger partial charge in [-0.25, -0.2) is 0 Å². The van der Waals surface area contributed by atoms with Gasteiger partial charge in [0.05, 0.1) is 0 Å². The number of rotatable bonds is 0. The maximum absolute atomic E-state index is 11.9. The second kappa shape index (κ2) is 3.09. The van der Waals surface area contributed by atoms with E-state index in [1.807, 2.05) is 31.2 Å². The SMILES string of the molecule is CC(=O)N1C(=O)CC2(C)c3ccccc3NC12. The van der Waals surface area contributed by atoms with Crippen molar-refractivity contribution >= 4 is 17.5 Å². The van der Waals surface area contributed by atoms with E-state index in [0.717, 1.165) is 11.3 Å². The summed E-state index contributed by atoms with van der Waals surface area (Å²) in [7, 11) is 0. The molecule has 88 valence electrons. The lowest BCUT2D eigenvalue weighted by molar-refractivity contribution is -0.141. The molecule has 2 aliphatic heterocycles. The zero-order valence-electron chi connectivity index (χ0n) is 9.86. The number of para-hydroxylation sites is 1. The molecule has 1 fully saturated rings. The van der Waals surface area contributed by atoms with Crippen molar-refractivity contribution in [3.8, 4) is 0 Å². The van der Waals surface area contributed by atoms with Crippen molar-refractivity contribution in [2.75, 3.05) is 5.32 Å². The van der Waals surface area contributed by atoms with Crippen LogP contribution in [0.25, 0.3) is 0 Å². The van der Waals surface area contributed by atoms with Gasteiger partial charge in [-0.2, -0.15) is 0 Å². The Hall–Kier alpha value is -1.84. The first kappa shape index (κ1) is 10.3. The molecule has 2 aliphatic rings. The molecule has 0 radical (unpaired) electrons. The fourth-order valence-electron chi connectivity index (χ4n) is 3.00. The monoisotopic (exact) mass is 230 g/mol. The Morgan fingerprint density at radius 3 is 2.88 bits per heavy atom. The van der Waals surface area contributed by atoms with Crippen LogP contribution in [0.5, 0.6) is 0 Å². The predicted molar refractivity (Wildman–Crippen MR) is 63.3 cm³/mol. The fraction of sp³-hybridized carbons (Fsp3) is 0.385. The van der Waals surface area contributed by atoms with Gasteiger partial charge in [0.2, 0.25) is 11.8 Å². The number of likely N-dealkylation sites (tertiary alicyclic amines) is 1. The molecule has 2 amide bonds. The van der Waals surface area contributed by atoms with E-state index >= 15 is 0 Å². The number of hydrogen-bond acceptors (Lipinski definition) is 3. The molecule has 0 spiro atoms. The molecule has 0 saturated carbocycles. The lowest BCUT2D eigenvalue weighted by Gasteiger charge is -2.26. The standard InChI is InChI=1S/C13H14N2O2/c1-8(16)15-11(17)7-13(2)9-5-3-4-6-10(9)14-12(13)15/h3-6,12,14H,7H2,1-2H3. The summed E-state index contributed by atoms with van der Waals surface area (Å²) in [6.45, 7) is 3.48. The first-order valence-corrected chi connectivity index (χ1v) is 5.73. The number of fused-ring (bicyclic) bond motifs is 3. The largest absolute Gasteiger partial charge is 0.364 e. The highest BCUT2D eigenvalue weighted by atomic mass is 16.2. The molecular weight excluding hydrogens is 216 g/mol. The highest BCUT2D eigenvalue weighted by Crippen LogP contribution is 2.48. The van der Waals surface area contributed by atoms with Gasteiger partial charge in [-0.15, -0.1) is 0 Å². The minimum absolute atomic E-state index is 0.0907. The Morgan fingerprint density at radius 2 is 2.18 bits per heavy atom. The van der Waals surface area contributed by atoms with Gasteiger partial charge in [0.25, 0.3) is 0 Å². The molecule has 4 heteroatoms. The summed E-state index contributed by atoms with van der Waals surface area (Å²) in [6, 6.07) is 7.94. The molecule has 17 heavy (non-hydrogen) atoms. The second-order valence-electron chi connectivity index (χ2n) is 4.97. The van der Waals surface area contributed by atoms with Gasteiger partial charge < -0.3 is 5.32 Å². The molecule has 1 aromatic carbocycles. The lowest BCUT2D eigenvalue weighted by Crippen LogP contribution is -2.45. The van der Waals surface area contributed by atoms with E-state index in [1.165, 1.54) is 11.8 Å². The molecule has 1 aromatic rings. The number of hydrogen-bond donors (Lipinski definition) is 1. The Bertz CT molecular complexity index is 526. The number of nitrogens with one attached hydrogen (secondary N) is 1. The Labute approximate surface area is 99.6 Å². The molecule has 2 atom stereocenters. The number of nitrogens with zero attached hydrogens (tertiary/aromatic N) is 1. The van der Waals surface area contributed by atoms with Crippen LogP contribution in [0.15, 0.2) is 24.3 Å². The van der Waals surface area contributed by atoms with Gasteiger partial charge in [-0.05, 0) is 11.6 Å². The first-order chi connectivity index (χ1) is 8.04. The van der Waals surface area contributed by atoms with Crippen molar-refractivity contribution in [2.24, 2.45) is 0 Å². The summed E-state index contributed by atoms with van der Waals surface area (Å²) in [6.07, 6.45) is 0.159. The van der Waals surface area contributed by atoms with Crippen molar-refractivity contribution in [1.82, 2.24) is 4.90 Å². The molecule has 3 rings (SSSR count). The van der Waals surface area contributed by atoms with Gasteiger partial charge in [0, 0.05) is 24.4 Å². The van der Waals surface area contributed by atoms with E-state index in [9.17, 15) is 9.59 Å². The summed E-state index contributed by atoms with van der Waals surface area (Å²) >= 11 is 0. The van der Waals surface area contributed by atoms with Gasteiger partial charge in [-0.3, -0.25) is 14.5 Å². The smallest absolute Gasteiger partial charge is 0.231 e. The number of anilines is 1. The van der Waals surface area contributed by atoms with Crippen molar-refractivity contribution in [3.05, 3.63) is 29.8 Å². The third-order valence-corrected chi connectivity index (χ3v) is 3.82. The van der Waals surface area contributed by atoms with Crippen molar-refractivity contribution < 1.29 is 9.59 Å². The summed E-state index contributed by atoms with van der Waals surface area (Å²) < 4.78 is 0. The third-order valence-electron chi connectivity index (χ3n) is 3.82. The third kappa shape index (κ3) is 1.18. The van der Waals surface area contributed by atoms with Crippen LogP contribution >= 0.6 is 0 Å². The summed E-state index contributed by atoms with van der Waals surface area (Å²) in [5.74, 6) is -0.281. The molecule has 2 unspecified atom stereocenters. The number of carbonyl (C=O) groups excluding carboxylic acids is 2. The molecule has 2 heterocycles. The highest BCUT2D eigenvalue weighted by molar-refractivity contribution is 5.99. The van der Waals surface area contributed by atoms with Crippen LogP contribution in [0.3, 0.4) is 0 Å². The van der Waals surface area contributed by atoms with E-state index in [4.69, 9.17) is 0 Å². The van der Waals surface area contributed by atoms with Crippen LogP contribution in [-0.4, -0.2) is 22.9 Å². The quantitative estimate of drug-likeness (QED) is 0.734. The van der Waals surface area contributed by atoms with Crippen LogP contribution in [0.1, 0.15) is 25.8 Å². The number of imide groups is 1. The van der Waals surface area contributed by atoms with Crippen LogP contribution in [0, 0.1) is 0 Å². The van der Waals surface area contributed by atoms with Crippen LogP contribution in [-0.2, 0) is 15.0 Å². The molecule has 1 saturated heterocycles. The summed E-state index contributed by atoms with van der Waals surface area (Å²) in [4.78, 5) is 24.8. The topological polar surface area (TPSA) is 49.4 Å². The highest BCUT2D eigenvalue weighted by Gasteiger charge is 2.55. The molecular formula is C13H14N2O2. The van der Waals surface area contributed by atoms with E-state index < -0.39 is 0 Å². The maximum atomic E-state index is 11.9. The Kier molecular flexibility index (Phi) is 1.88. The second-order valence-corrected chi connectivity index (χ2v) is 4.97. The normalized spacial score (nSPS) is 29.9. The van der Waals surface area contributed by atoms with Crippen molar-refractivity contribution in [1.29, 1.82) is 0 Å². The number of carbonyl (C=O) groups is 2. The van der Waals surface area contributed by atoms with Gasteiger partial charge in [-0.1, -0.05) is 25.1 Å². The molecule has 0 aliphatic carbocycles. The zero-order chi connectivity index (χ0) is 12.2. The minimum Gasteiger partial charge on any atom is -0.364 e. The van der Waals surface area contributed by atoms with E-state index in [0.29, 0.717) is 6.42 Å². The fourth-order valence-corrected chi connectivity index (χ4v) is 3.00.